The molecular weight excluding hydrogens is 952 g/mol. The second-order valence-corrected chi connectivity index (χ2v) is 22.0. The highest BCUT2D eigenvalue weighted by atomic mass is 31.2. The van der Waals surface area contributed by atoms with E-state index in [1.807, 2.05) is 94.1 Å². The number of hydrogen-bond acceptors (Lipinski definition) is 6. The van der Waals surface area contributed by atoms with Crippen molar-refractivity contribution in [2.24, 2.45) is 0 Å². The van der Waals surface area contributed by atoms with Crippen molar-refractivity contribution < 1.29 is 37.3 Å². The zero-order valence-corrected chi connectivity index (χ0v) is 49.4. The maximum atomic E-state index is 13.5. The molecule has 75 heavy (non-hydrogen) atoms. The van der Waals surface area contributed by atoms with Gasteiger partial charge in [0.05, 0.1) is 33.8 Å². The Balaban J connectivity index is 5.40. The predicted octanol–water partition coefficient (Wildman–Crippen LogP) is 18.1. The third kappa shape index (κ3) is 54.7. The number of carbonyl (C=O) groups excluding carboxylic acids is 2. The van der Waals surface area contributed by atoms with Crippen molar-refractivity contribution in [3.63, 3.8) is 0 Å². The summed E-state index contributed by atoms with van der Waals surface area (Å²) in [5.74, 6) is -0.590. The van der Waals surface area contributed by atoms with E-state index in [4.69, 9.17) is 13.8 Å². The molecule has 9 nitrogen and oxygen atoms in total. The van der Waals surface area contributed by atoms with Gasteiger partial charge in [0.25, 0.3) is 0 Å². The van der Waals surface area contributed by atoms with E-state index in [0.717, 1.165) is 96.3 Å². The molecule has 0 heterocycles. The van der Waals surface area contributed by atoms with Crippen LogP contribution in [0.4, 0.5) is 0 Å². The maximum absolute atomic E-state index is 13.5. The van der Waals surface area contributed by atoms with Crippen LogP contribution in [0.5, 0.6) is 0 Å². The molecule has 0 aliphatic rings. The number of rotatable bonds is 51. The molecule has 3 atom stereocenters. The highest BCUT2D eigenvalue weighted by Gasteiger charge is 2.30. The van der Waals surface area contributed by atoms with Crippen molar-refractivity contribution in [3.8, 4) is 0 Å². The average Bonchev–Trinajstić information content (AvgIpc) is 3.37. The van der Waals surface area contributed by atoms with Gasteiger partial charge in [-0.25, -0.2) is 4.57 Å². The molecule has 0 saturated heterocycles. The van der Waals surface area contributed by atoms with Gasteiger partial charge in [-0.15, -0.1) is 0 Å². The molecule has 0 aliphatic heterocycles. The van der Waals surface area contributed by atoms with Gasteiger partial charge in [-0.1, -0.05) is 238 Å². The number of unbranched alkanes of at least 4 members (excludes halogenated alkanes) is 20. The highest BCUT2D eigenvalue weighted by Crippen LogP contribution is 2.43. The number of phosphoric acid groups is 1. The summed E-state index contributed by atoms with van der Waals surface area (Å²) in [7, 11) is 1.43. The van der Waals surface area contributed by atoms with Gasteiger partial charge in [0.15, 0.2) is 0 Å². The first-order valence-electron chi connectivity index (χ1n) is 29.6. The molecule has 3 unspecified atom stereocenters. The summed E-state index contributed by atoms with van der Waals surface area (Å²) in [6.07, 6.45) is 75.9. The number of likely N-dealkylation sites (N-methyl/N-ethyl adjacent to an activating group) is 1. The molecule has 2 N–H and O–H groups in total. The number of hydrogen-bond donors (Lipinski definition) is 2. The van der Waals surface area contributed by atoms with E-state index >= 15 is 0 Å². The standard InChI is InChI=1S/C65H109N2O7P/c1-7-10-13-16-19-22-25-27-29-31-32-33-34-36-37-39-42-45-48-51-54-57-64(68)66-62(61-73-75(70,71)72-60-59-67(4,5)6)63(56-53-50-47-44-41-24-21-18-15-12-9-3)74-65(69)58-55-52-49-46-43-40-38-35-30-28-26-23-20-17-14-11-8-2/h11,14,17,19-20,22-23,26-30,32-33,35-38,40,43,53,56,62-63H,7-10,12-13,15-16,18,21,24-25,31,34,39,41-42,44-52,54-55,57-61H2,1-6H3,(H-,66,68,70,71)/p+1/b14-11-,20-17+,22-19-,26-23+,29-27-,30-28-,33-32-,37-36-,38-35+,43-40+,56-53-. The first-order chi connectivity index (χ1) is 36.4. The molecule has 0 bridgehead atoms. The van der Waals surface area contributed by atoms with Crippen LogP contribution < -0.4 is 5.32 Å². The largest absolute Gasteiger partial charge is 0.472 e. The Morgan fingerprint density at radius 1 is 0.493 bits per heavy atom. The maximum Gasteiger partial charge on any atom is 0.472 e. The van der Waals surface area contributed by atoms with Gasteiger partial charge in [0.1, 0.15) is 19.3 Å². The molecule has 1 amide bonds. The predicted molar refractivity (Wildman–Crippen MR) is 323 cm³/mol. The first-order valence-corrected chi connectivity index (χ1v) is 31.1. The van der Waals surface area contributed by atoms with Crippen molar-refractivity contribution in [2.45, 2.75) is 226 Å². The summed E-state index contributed by atoms with van der Waals surface area (Å²) in [5, 5.41) is 3.02. The van der Waals surface area contributed by atoms with Crippen LogP contribution in [0.1, 0.15) is 213 Å². The van der Waals surface area contributed by atoms with E-state index in [0.29, 0.717) is 30.3 Å². The normalized spacial score (nSPS) is 14.7. The minimum atomic E-state index is -4.47. The number of nitrogens with zero attached hydrogens (tertiary/aromatic N) is 1. The molecule has 0 saturated carbocycles. The number of esters is 1. The molecule has 10 heteroatoms. The van der Waals surface area contributed by atoms with E-state index in [1.54, 1.807) is 0 Å². The first kappa shape index (κ1) is 71.2. The monoisotopic (exact) mass is 1060 g/mol. The van der Waals surface area contributed by atoms with E-state index in [1.165, 1.54) is 70.6 Å². The number of allylic oxidation sites excluding steroid dienone is 21. The van der Waals surface area contributed by atoms with Crippen molar-refractivity contribution in [3.05, 3.63) is 134 Å². The van der Waals surface area contributed by atoms with Gasteiger partial charge in [-0.3, -0.25) is 18.6 Å². The molecule has 0 aliphatic carbocycles. The van der Waals surface area contributed by atoms with Crippen LogP contribution in [0.15, 0.2) is 134 Å². The molecule has 0 aromatic carbocycles. The second kappa shape index (κ2) is 53.5. The zero-order chi connectivity index (χ0) is 55.0. The Bertz CT molecular complexity index is 1740. The minimum Gasteiger partial charge on any atom is -0.456 e. The Morgan fingerprint density at radius 3 is 1.44 bits per heavy atom. The zero-order valence-electron chi connectivity index (χ0n) is 48.5. The summed E-state index contributed by atoms with van der Waals surface area (Å²) in [4.78, 5) is 37.6. The molecule has 0 radical (unpaired) electrons. The fraction of sp³-hybridized carbons (Fsp3) is 0.631. The Hall–Kier alpha value is -3.85. The summed E-state index contributed by atoms with van der Waals surface area (Å²) in [6.45, 7) is 6.76. The second-order valence-electron chi connectivity index (χ2n) is 20.6. The van der Waals surface area contributed by atoms with Gasteiger partial charge in [0.2, 0.25) is 5.91 Å². The lowest BCUT2D eigenvalue weighted by Crippen LogP contribution is -2.47. The van der Waals surface area contributed by atoms with Crippen LogP contribution in [0.2, 0.25) is 0 Å². The number of carbonyl (C=O) groups is 2. The molecule has 0 aromatic rings. The van der Waals surface area contributed by atoms with Crippen molar-refractivity contribution >= 4 is 19.7 Å². The fourth-order valence-corrected chi connectivity index (χ4v) is 8.39. The average molecular weight is 1060 g/mol. The summed E-state index contributed by atoms with van der Waals surface area (Å²) in [6, 6.07) is -0.886. The lowest BCUT2D eigenvalue weighted by molar-refractivity contribution is -0.870. The van der Waals surface area contributed by atoms with E-state index in [2.05, 4.69) is 86.8 Å². The summed E-state index contributed by atoms with van der Waals surface area (Å²) >= 11 is 0. The van der Waals surface area contributed by atoms with Crippen LogP contribution in [-0.2, 0) is 27.9 Å². The van der Waals surface area contributed by atoms with E-state index in [9.17, 15) is 19.0 Å². The number of quaternary nitrogens is 1. The summed E-state index contributed by atoms with van der Waals surface area (Å²) < 4.78 is 30.6. The number of phosphoric ester groups is 1. The summed E-state index contributed by atoms with van der Waals surface area (Å²) in [5.41, 5.74) is 0. The lowest BCUT2D eigenvalue weighted by Gasteiger charge is -2.27. The minimum absolute atomic E-state index is 0.0204. The Labute approximate surface area is 460 Å². The molecule has 0 aromatic heterocycles. The molecule has 0 spiro atoms. The van der Waals surface area contributed by atoms with E-state index < -0.39 is 20.0 Å². The van der Waals surface area contributed by atoms with Crippen LogP contribution in [0, 0.1) is 0 Å². The smallest absolute Gasteiger partial charge is 0.456 e. The Kier molecular flexibility index (Phi) is 50.8. The third-order valence-electron chi connectivity index (χ3n) is 12.2. The van der Waals surface area contributed by atoms with Crippen LogP contribution in [0.25, 0.3) is 0 Å². The van der Waals surface area contributed by atoms with Gasteiger partial charge in [-0.05, 0) is 96.0 Å². The van der Waals surface area contributed by atoms with Crippen LogP contribution in [-0.4, -0.2) is 74.3 Å². The van der Waals surface area contributed by atoms with Crippen molar-refractivity contribution in [1.29, 1.82) is 0 Å². The molecule has 0 fully saturated rings. The highest BCUT2D eigenvalue weighted by molar-refractivity contribution is 7.47. The topological polar surface area (TPSA) is 111 Å². The number of nitrogens with one attached hydrogen (secondary N) is 1. The molecule has 0 rings (SSSR count). The van der Waals surface area contributed by atoms with Gasteiger partial charge in [-0.2, -0.15) is 0 Å². The van der Waals surface area contributed by atoms with Gasteiger partial charge >= 0.3 is 13.8 Å². The van der Waals surface area contributed by atoms with E-state index in [-0.39, 0.29) is 31.5 Å². The fourth-order valence-electron chi connectivity index (χ4n) is 7.66. The van der Waals surface area contributed by atoms with Gasteiger partial charge in [0, 0.05) is 12.8 Å². The van der Waals surface area contributed by atoms with Crippen molar-refractivity contribution in [2.75, 3.05) is 40.9 Å². The van der Waals surface area contributed by atoms with Gasteiger partial charge < -0.3 is 19.4 Å². The van der Waals surface area contributed by atoms with Crippen LogP contribution in [0.3, 0.4) is 0 Å². The molecular formula is C65H110N2O7P+. The lowest BCUT2D eigenvalue weighted by atomic mass is 10.1. The van der Waals surface area contributed by atoms with Crippen molar-refractivity contribution in [1.82, 2.24) is 5.32 Å². The number of amides is 1. The molecule has 426 valence electrons. The quantitative estimate of drug-likeness (QED) is 0.0156. The number of ether oxygens (including phenoxy) is 1. The third-order valence-corrected chi connectivity index (χ3v) is 13.2. The van der Waals surface area contributed by atoms with Crippen LogP contribution >= 0.6 is 7.82 Å². The Morgan fingerprint density at radius 2 is 0.907 bits per heavy atom. The SMILES string of the molecule is CC\C=C/C=C/C=C/C=C\C=C\C=C\CCCCCC(=O)OC(/C=C\CCCCCCCCCCC)C(COP(=O)(O)OCC[N+](C)(C)C)NC(=O)CCCCCCC/C=C\C/C=C\C/C=C\C/C=C\CCCCC.